The molecule has 1 heterocycles. The lowest BCUT2D eigenvalue weighted by Gasteiger charge is -2.56. The van der Waals surface area contributed by atoms with Crippen molar-refractivity contribution in [3.63, 3.8) is 0 Å². The Morgan fingerprint density at radius 3 is 2.88 bits per heavy atom. The molecule has 4 nitrogen and oxygen atoms in total. The van der Waals surface area contributed by atoms with E-state index in [4.69, 9.17) is 5.73 Å². The Morgan fingerprint density at radius 2 is 2.16 bits per heavy atom. The average Bonchev–Trinajstić information content (AvgIpc) is 3.17. The number of aromatic amines is 1. The number of aromatic nitrogens is 2. The van der Waals surface area contributed by atoms with E-state index in [-0.39, 0.29) is 12.0 Å². The predicted octanol–water partition coefficient (Wildman–Crippen LogP) is 3.08. The van der Waals surface area contributed by atoms with E-state index < -0.39 is 0 Å². The minimum absolute atomic E-state index is 0.105. The molecule has 138 valence electrons. The molecule has 0 saturated heterocycles. The summed E-state index contributed by atoms with van der Waals surface area (Å²) in [4.78, 5) is 0. The number of nitrogens with one attached hydrogen (secondary N) is 1. The van der Waals surface area contributed by atoms with Crippen LogP contribution in [0.1, 0.15) is 51.3 Å². The lowest BCUT2D eigenvalue weighted by molar-refractivity contribution is -0.0555. The Hall–Kier alpha value is -1.13. The van der Waals surface area contributed by atoms with Crippen molar-refractivity contribution in [2.75, 3.05) is 13.2 Å². The Kier molecular flexibility index (Phi) is 4.12. The zero-order chi connectivity index (χ0) is 17.8. The number of fused-ring (bicyclic) bond motifs is 2. The van der Waals surface area contributed by atoms with Gasteiger partial charge in [-0.3, -0.25) is 5.10 Å². The largest absolute Gasteiger partial charge is 0.396 e. The van der Waals surface area contributed by atoms with Crippen LogP contribution >= 0.6 is 0 Å². The van der Waals surface area contributed by atoms with Crippen LogP contribution in [0.5, 0.6) is 0 Å². The van der Waals surface area contributed by atoms with Gasteiger partial charge in [-0.25, -0.2) is 0 Å². The summed E-state index contributed by atoms with van der Waals surface area (Å²) in [5.41, 5.74) is 11.0. The first-order valence-electron chi connectivity index (χ1n) is 9.93. The van der Waals surface area contributed by atoms with Gasteiger partial charge in [0.25, 0.3) is 0 Å². The number of hydrogen-bond acceptors (Lipinski definition) is 3. The van der Waals surface area contributed by atoms with Gasteiger partial charge in [-0.15, -0.1) is 0 Å². The molecule has 0 radical (unpaired) electrons. The van der Waals surface area contributed by atoms with Gasteiger partial charge in [0.05, 0.1) is 6.20 Å². The quantitative estimate of drug-likeness (QED) is 0.738. The van der Waals surface area contributed by atoms with Gasteiger partial charge in [0.15, 0.2) is 0 Å². The summed E-state index contributed by atoms with van der Waals surface area (Å²) in [7, 11) is 0. The van der Waals surface area contributed by atoms with Crippen LogP contribution in [-0.4, -0.2) is 28.5 Å². The zero-order valence-corrected chi connectivity index (χ0v) is 15.9. The Bertz CT molecular complexity index is 680. The molecule has 3 aliphatic carbocycles. The van der Waals surface area contributed by atoms with Crippen molar-refractivity contribution in [2.45, 2.75) is 52.9 Å². The van der Waals surface area contributed by atoms with Crippen molar-refractivity contribution in [2.24, 2.45) is 40.2 Å². The monoisotopic (exact) mass is 343 g/mol. The first kappa shape index (κ1) is 17.3. The SMILES string of the molecule is CC1=CC[C@H]2[C@H](CN)[C@@H]([C@@]3(C)Cc4cn[nH]c4C[C@@H]3CO)CC[C@]12C. The molecule has 6 atom stereocenters. The fourth-order valence-electron chi connectivity index (χ4n) is 6.62. The van der Waals surface area contributed by atoms with E-state index in [9.17, 15) is 5.11 Å². The van der Waals surface area contributed by atoms with Crippen molar-refractivity contribution in [3.05, 3.63) is 29.1 Å². The molecule has 0 unspecified atom stereocenters. The van der Waals surface area contributed by atoms with Crippen LogP contribution in [0.15, 0.2) is 17.8 Å². The molecule has 4 heteroatoms. The van der Waals surface area contributed by atoms with Crippen LogP contribution in [0.2, 0.25) is 0 Å². The van der Waals surface area contributed by atoms with E-state index in [1.807, 2.05) is 6.20 Å². The fourth-order valence-corrected chi connectivity index (χ4v) is 6.62. The normalized spacial score (nSPS) is 43.5. The third-order valence-electron chi connectivity index (χ3n) is 8.51. The zero-order valence-electron chi connectivity index (χ0n) is 15.9. The summed E-state index contributed by atoms with van der Waals surface area (Å²) in [6, 6.07) is 0. The first-order valence-corrected chi connectivity index (χ1v) is 9.93. The van der Waals surface area contributed by atoms with E-state index in [0.29, 0.717) is 29.1 Å². The van der Waals surface area contributed by atoms with E-state index >= 15 is 0 Å². The summed E-state index contributed by atoms with van der Waals surface area (Å²) in [5, 5.41) is 17.6. The second-order valence-corrected chi connectivity index (χ2v) is 9.33. The van der Waals surface area contributed by atoms with Crippen LogP contribution in [-0.2, 0) is 12.8 Å². The second-order valence-electron chi connectivity index (χ2n) is 9.33. The van der Waals surface area contributed by atoms with Gasteiger partial charge >= 0.3 is 0 Å². The van der Waals surface area contributed by atoms with Gasteiger partial charge in [0, 0.05) is 12.3 Å². The van der Waals surface area contributed by atoms with Crippen LogP contribution in [0, 0.1) is 34.5 Å². The standard InChI is InChI=1S/C21H33N3O/c1-13-4-5-17-16(10-22)18(6-7-20(13,17)2)21(3)9-14-11-23-24-19(14)8-15(21)12-25/h4,11,15-18,25H,5-10,12,22H2,1-3H3,(H,23,24)/t15-,16+,17+,18+,20-,21+/m1/s1. The maximum absolute atomic E-state index is 10.2. The van der Waals surface area contributed by atoms with Crippen molar-refractivity contribution in [1.29, 1.82) is 0 Å². The maximum Gasteiger partial charge on any atom is 0.0522 e. The third kappa shape index (κ3) is 2.37. The Balaban J connectivity index is 1.68. The number of aliphatic hydroxyl groups excluding tert-OH is 1. The summed E-state index contributed by atoms with van der Waals surface area (Å²) < 4.78 is 0. The van der Waals surface area contributed by atoms with Crippen molar-refractivity contribution < 1.29 is 5.11 Å². The summed E-state index contributed by atoms with van der Waals surface area (Å²) in [6.07, 6.45) is 10.0. The first-order chi connectivity index (χ1) is 11.9. The number of hydrogen-bond donors (Lipinski definition) is 3. The van der Waals surface area contributed by atoms with Crippen LogP contribution in [0.4, 0.5) is 0 Å². The van der Waals surface area contributed by atoms with Crippen molar-refractivity contribution in [1.82, 2.24) is 10.2 Å². The molecule has 1 fully saturated rings. The average molecular weight is 344 g/mol. The van der Waals surface area contributed by atoms with Gasteiger partial charge in [-0.2, -0.15) is 5.10 Å². The Labute approximate surface area is 151 Å². The highest BCUT2D eigenvalue weighted by atomic mass is 16.3. The van der Waals surface area contributed by atoms with Crippen molar-refractivity contribution in [3.8, 4) is 0 Å². The summed E-state index contributed by atoms with van der Waals surface area (Å²) >= 11 is 0. The highest BCUT2D eigenvalue weighted by Gasteiger charge is 2.55. The number of allylic oxidation sites excluding steroid dienone is 2. The molecule has 4 rings (SSSR count). The van der Waals surface area contributed by atoms with E-state index in [0.717, 1.165) is 19.4 Å². The number of nitrogens with zero attached hydrogens (tertiary/aromatic N) is 1. The molecular weight excluding hydrogens is 310 g/mol. The molecule has 0 aliphatic heterocycles. The summed E-state index contributed by atoms with van der Waals surface area (Å²) in [6.45, 7) is 8.19. The molecule has 0 bridgehead atoms. The van der Waals surface area contributed by atoms with Crippen molar-refractivity contribution >= 4 is 0 Å². The second kappa shape index (κ2) is 5.95. The van der Waals surface area contributed by atoms with E-state index in [2.05, 4.69) is 37.0 Å². The van der Waals surface area contributed by atoms with Gasteiger partial charge in [-0.1, -0.05) is 25.5 Å². The van der Waals surface area contributed by atoms with Gasteiger partial charge < -0.3 is 10.8 Å². The van der Waals surface area contributed by atoms with E-state index in [1.165, 1.54) is 30.5 Å². The highest BCUT2D eigenvalue weighted by molar-refractivity contribution is 5.27. The number of aliphatic hydroxyl groups is 1. The van der Waals surface area contributed by atoms with Gasteiger partial charge in [0.2, 0.25) is 0 Å². The van der Waals surface area contributed by atoms with Gasteiger partial charge in [-0.05, 0) is 85.6 Å². The molecule has 4 N–H and O–H groups in total. The predicted molar refractivity (Wildman–Crippen MR) is 99.9 cm³/mol. The molecular formula is C21H33N3O. The molecule has 1 aromatic rings. The van der Waals surface area contributed by atoms with E-state index in [1.54, 1.807) is 5.57 Å². The van der Waals surface area contributed by atoms with Gasteiger partial charge in [0.1, 0.15) is 0 Å². The maximum atomic E-state index is 10.2. The third-order valence-corrected chi connectivity index (χ3v) is 8.51. The number of nitrogens with two attached hydrogens (primary N) is 1. The highest BCUT2D eigenvalue weighted by Crippen LogP contribution is 2.61. The molecule has 25 heavy (non-hydrogen) atoms. The van der Waals surface area contributed by atoms with Crippen LogP contribution in [0.25, 0.3) is 0 Å². The smallest absolute Gasteiger partial charge is 0.0522 e. The fraction of sp³-hybridized carbons (Fsp3) is 0.762. The lowest BCUT2D eigenvalue weighted by atomic mass is 9.49. The lowest BCUT2D eigenvalue weighted by Crippen LogP contribution is -2.53. The Morgan fingerprint density at radius 1 is 1.36 bits per heavy atom. The minimum Gasteiger partial charge on any atom is -0.396 e. The molecule has 3 aliphatic rings. The number of rotatable bonds is 3. The molecule has 1 aromatic heterocycles. The molecule has 1 saturated carbocycles. The topological polar surface area (TPSA) is 74.9 Å². The van der Waals surface area contributed by atoms with Crippen LogP contribution in [0.3, 0.4) is 0 Å². The number of H-pyrrole nitrogens is 1. The minimum atomic E-state index is 0.105. The summed E-state index contributed by atoms with van der Waals surface area (Å²) in [5.74, 6) is 2.08. The van der Waals surface area contributed by atoms with Crippen LogP contribution < -0.4 is 5.73 Å². The molecule has 0 amide bonds. The molecule has 0 aromatic carbocycles. The molecule has 0 spiro atoms.